The molecule has 0 rings (SSSR count). The van der Waals surface area contributed by atoms with E-state index in [1.165, 1.54) is 238 Å². The van der Waals surface area contributed by atoms with Crippen molar-refractivity contribution in [2.45, 2.75) is 322 Å². The van der Waals surface area contributed by atoms with Crippen molar-refractivity contribution in [2.75, 3.05) is 0 Å². The molecule has 53 heavy (non-hydrogen) atoms. The molecule has 0 radical (unpaired) electrons. The highest BCUT2D eigenvalue weighted by Crippen LogP contribution is 2.43. The molecule has 0 saturated carbocycles. The van der Waals surface area contributed by atoms with Gasteiger partial charge in [0.25, 0.3) is 0 Å². The van der Waals surface area contributed by atoms with Crippen LogP contribution >= 0.6 is 0 Å². The number of hydrogen-bond acceptors (Lipinski definition) is 2. The van der Waals surface area contributed by atoms with E-state index in [4.69, 9.17) is 0 Å². The van der Waals surface area contributed by atoms with E-state index in [2.05, 4.69) is 34.6 Å². The molecule has 0 saturated heterocycles. The predicted octanol–water partition coefficient (Wildman–Crippen LogP) is 17.9. The molecule has 0 fully saturated rings. The molecule has 2 nitrogen and oxygen atoms in total. The molecule has 0 amide bonds. The second-order valence-electron chi connectivity index (χ2n) is 18.6. The van der Waals surface area contributed by atoms with E-state index >= 15 is 0 Å². The van der Waals surface area contributed by atoms with Crippen LogP contribution in [0.15, 0.2) is 0 Å². The van der Waals surface area contributed by atoms with Crippen molar-refractivity contribution in [1.29, 1.82) is 0 Å². The summed E-state index contributed by atoms with van der Waals surface area (Å²) in [5.74, 6) is 0. The van der Waals surface area contributed by atoms with Gasteiger partial charge in [-0.3, -0.25) is 0 Å². The van der Waals surface area contributed by atoms with E-state index in [0.717, 1.165) is 38.5 Å². The van der Waals surface area contributed by atoms with Gasteiger partial charge in [-0.2, -0.15) is 0 Å². The lowest BCUT2D eigenvalue weighted by atomic mass is 9.65. The van der Waals surface area contributed by atoms with Crippen molar-refractivity contribution in [3.05, 3.63) is 0 Å². The van der Waals surface area contributed by atoms with E-state index in [9.17, 15) is 10.2 Å². The summed E-state index contributed by atoms with van der Waals surface area (Å²) in [7, 11) is 0. The van der Waals surface area contributed by atoms with Crippen LogP contribution in [-0.2, 0) is 0 Å². The normalized spacial score (nSPS) is 13.0. The predicted molar refractivity (Wildman–Crippen MR) is 240 cm³/mol. The van der Waals surface area contributed by atoms with Crippen LogP contribution in [0.2, 0.25) is 0 Å². The number of aliphatic hydroxyl groups excluding tert-OH is 1. The van der Waals surface area contributed by atoms with E-state index in [-0.39, 0.29) is 0 Å². The summed E-state index contributed by atoms with van der Waals surface area (Å²) in [6, 6.07) is 0. The maximum absolute atomic E-state index is 12.3. The molecule has 0 spiro atoms. The van der Waals surface area contributed by atoms with Crippen LogP contribution in [0.4, 0.5) is 0 Å². The lowest BCUT2D eigenvalue weighted by molar-refractivity contribution is -0.139. The van der Waals surface area contributed by atoms with E-state index < -0.39 is 17.1 Å². The third kappa shape index (κ3) is 32.7. The Morgan fingerprint density at radius 1 is 0.302 bits per heavy atom. The molecule has 0 aliphatic rings. The van der Waals surface area contributed by atoms with Gasteiger partial charge in [-0.05, 0) is 19.3 Å². The zero-order chi connectivity index (χ0) is 39.0. The molecule has 0 aliphatic heterocycles. The zero-order valence-corrected chi connectivity index (χ0v) is 37.9. The molecule has 320 valence electrons. The fraction of sp³-hybridized carbons (Fsp3) is 1.00. The first-order chi connectivity index (χ1) is 25.9. The highest BCUT2D eigenvalue weighted by Gasteiger charge is 2.46. The minimum Gasteiger partial charge on any atom is -0.392 e. The minimum absolute atomic E-state index is 0.422. The van der Waals surface area contributed by atoms with Gasteiger partial charge >= 0.3 is 0 Å². The van der Waals surface area contributed by atoms with Crippen molar-refractivity contribution < 1.29 is 10.2 Å². The lowest BCUT2D eigenvalue weighted by Gasteiger charge is -2.46. The molecule has 0 heterocycles. The maximum atomic E-state index is 12.3. The second-order valence-corrected chi connectivity index (χ2v) is 18.6. The number of unbranched alkanes of at least 4 members (excludes halogenated alkanes) is 37. The number of hydrogen-bond donors (Lipinski definition) is 2. The molecule has 0 aromatic carbocycles. The Morgan fingerprint density at radius 3 is 0.717 bits per heavy atom. The fourth-order valence-corrected chi connectivity index (χ4v) is 8.84. The molecular weight excluding hydrogens is 645 g/mol. The van der Waals surface area contributed by atoms with Crippen molar-refractivity contribution in [1.82, 2.24) is 0 Å². The van der Waals surface area contributed by atoms with Gasteiger partial charge in [0.1, 0.15) is 0 Å². The number of aliphatic hydroxyl groups is 2. The summed E-state index contributed by atoms with van der Waals surface area (Å²) >= 11 is 0. The third-order valence-electron chi connectivity index (χ3n) is 13.3. The van der Waals surface area contributed by atoms with E-state index in [1.807, 2.05) is 0 Å². The molecule has 1 atom stereocenters. The van der Waals surface area contributed by atoms with Gasteiger partial charge in [0.15, 0.2) is 0 Å². The van der Waals surface area contributed by atoms with Crippen molar-refractivity contribution in [2.24, 2.45) is 5.41 Å². The minimum atomic E-state index is -0.765. The summed E-state index contributed by atoms with van der Waals surface area (Å²) in [5.41, 5.74) is -1.22. The Balaban J connectivity index is 4.41. The van der Waals surface area contributed by atoms with Gasteiger partial charge in [-0.15, -0.1) is 0 Å². The maximum Gasteiger partial charge on any atom is 0.0723 e. The summed E-state index contributed by atoms with van der Waals surface area (Å²) in [6.07, 6.45) is 56.5. The molecule has 2 heteroatoms. The van der Waals surface area contributed by atoms with Crippen LogP contribution in [0.3, 0.4) is 0 Å². The molecular formula is C51H104O2. The van der Waals surface area contributed by atoms with Crippen LogP contribution in [0.1, 0.15) is 311 Å². The van der Waals surface area contributed by atoms with Crippen molar-refractivity contribution in [3.8, 4) is 0 Å². The Labute approximate surface area is 337 Å². The van der Waals surface area contributed by atoms with Crippen LogP contribution in [0.5, 0.6) is 0 Å². The summed E-state index contributed by atoms with van der Waals surface area (Å²) in [4.78, 5) is 0. The van der Waals surface area contributed by atoms with Crippen LogP contribution < -0.4 is 0 Å². The highest BCUT2D eigenvalue weighted by atomic mass is 16.3. The summed E-state index contributed by atoms with van der Waals surface area (Å²) in [5, 5.41) is 23.8. The Hall–Kier alpha value is -0.0800. The molecule has 0 aromatic heterocycles. The second kappa shape index (κ2) is 40.1. The lowest BCUT2D eigenvalue weighted by Crippen LogP contribution is -2.51. The molecule has 0 aromatic rings. The van der Waals surface area contributed by atoms with Gasteiger partial charge < -0.3 is 10.2 Å². The van der Waals surface area contributed by atoms with Gasteiger partial charge in [0.2, 0.25) is 0 Å². The average molecular weight is 749 g/mol. The summed E-state index contributed by atoms with van der Waals surface area (Å²) in [6.45, 7) is 11.2. The standard InChI is InChI=1S/C51H104O2/c1-6-9-12-15-18-21-23-25-27-29-31-33-35-38-41-44-47-51(53,50(4,5)49(52)46-43-40-37-20-17-14-11-8-3)48-45-42-39-36-34-32-30-28-26-24-22-19-16-13-10-7-2/h49,52-53H,6-48H2,1-5H3. The SMILES string of the molecule is CCCCCCCCCCCCCCCCCCC(O)(CCCCCCCCCCCCCCCCCC)C(C)(C)C(O)CCCCCCCCCC. The smallest absolute Gasteiger partial charge is 0.0723 e. The van der Waals surface area contributed by atoms with E-state index in [0.29, 0.717) is 0 Å². The first-order valence-corrected chi connectivity index (χ1v) is 25.3. The highest BCUT2D eigenvalue weighted by molar-refractivity contribution is 4.97. The Morgan fingerprint density at radius 2 is 0.491 bits per heavy atom. The Bertz CT molecular complexity index is 650. The Kier molecular flexibility index (Phi) is 40.1. The first-order valence-electron chi connectivity index (χ1n) is 25.3. The quantitative estimate of drug-likeness (QED) is 0.0609. The van der Waals surface area contributed by atoms with Crippen molar-refractivity contribution in [3.63, 3.8) is 0 Å². The van der Waals surface area contributed by atoms with Crippen LogP contribution in [0, 0.1) is 5.41 Å². The first kappa shape index (κ1) is 52.9. The van der Waals surface area contributed by atoms with Gasteiger partial charge in [-0.25, -0.2) is 0 Å². The molecule has 0 bridgehead atoms. The fourth-order valence-electron chi connectivity index (χ4n) is 8.84. The largest absolute Gasteiger partial charge is 0.392 e. The van der Waals surface area contributed by atoms with Crippen LogP contribution in [0.25, 0.3) is 0 Å². The third-order valence-corrected chi connectivity index (χ3v) is 13.3. The molecule has 2 N–H and O–H groups in total. The van der Waals surface area contributed by atoms with Crippen LogP contribution in [-0.4, -0.2) is 21.9 Å². The number of rotatable bonds is 45. The zero-order valence-electron chi connectivity index (χ0n) is 37.9. The summed E-state index contributed by atoms with van der Waals surface area (Å²) < 4.78 is 0. The van der Waals surface area contributed by atoms with Gasteiger partial charge in [-0.1, -0.05) is 291 Å². The topological polar surface area (TPSA) is 40.5 Å². The van der Waals surface area contributed by atoms with Gasteiger partial charge in [0.05, 0.1) is 11.7 Å². The monoisotopic (exact) mass is 749 g/mol. The molecule has 1 unspecified atom stereocenters. The van der Waals surface area contributed by atoms with Gasteiger partial charge in [0, 0.05) is 5.41 Å². The average Bonchev–Trinajstić information content (AvgIpc) is 3.15. The molecule has 0 aliphatic carbocycles. The van der Waals surface area contributed by atoms with E-state index in [1.54, 1.807) is 0 Å². The van der Waals surface area contributed by atoms with Crippen molar-refractivity contribution >= 4 is 0 Å².